The van der Waals surface area contributed by atoms with Gasteiger partial charge in [-0.25, -0.2) is 0 Å². The smallest absolute Gasteiger partial charge is 0.175 e. The number of hydrogen-bond acceptors (Lipinski definition) is 3. The molecule has 2 aromatic heterocycles. The summed E-state index contributed by atoms with van der Waals surface area (Å²) in [6.45, 7) is 1.13. The van der Waals surface area contributed by atoms with E-state index in [0.29, 0.717) is 6.04 Å². The average molecular weight is 281 g/mol. The van der Waals surface area contributed by atoms with Gasteiger partial charge in [-0.15, -0.1) is 10.2 Å². The third kappa shape index (κ3) is 1.74. The van der Waals surface area contributed by atoms with E-state index in [2.05, 4.69) is 35.8 Å². The fourth-order valence-electron chi connectivity index (χ4n) is 2.22. The Morgan fingerprint density at radius 1 is 1.50 bits per heavy atom. The van der Waals surface area contributed by atoms with Gasteiger partial charge in [0.05, 0.1) is 4.47 Å². The first-order valence-corrected chi connectivity index (χ1v) is 6.35. The molecule has 1 saturated heterocycles. The van der Waals surface area contributed by atoms with Crippen molar-refractivity contribution in [2.45, 2.75) is 25.3 Å². The standard InChI is InChI=1S/C11H13BrN4/c12-9-4-2-6-16-10(14-15-11(9)16)7-8-3-1-5-13-8/h2,4,6,8,13H,1,3,5,7H2. The molecule has 84 valence electrons. The Morgan fingerprint density at radius 2 is 2.44 bits per heavy atom. The highest BCUT2D eigenvalue weighted by atomic mass is 79.9. The summed E-state index contributed by atoms with van der Waals surface area (Å²) >= 11 is 3.48. The molecule has 0 bridgehead atoms. The maximum Gasteiger partial charge on any atom is 0.175 e. The third-order valence-electron chi connectivity index (χ3n) is 3.05. The molecule has 2 aromatic rings. The lowest BCUT2D eigenvalue weighted by Crippen LogP contribution is -2.24. The van der Waals surface area contributed by atoms with Gasteiger partial charge >= 0.3 is 0 Å². The molecule has 1 atom stereocenters. The Hall–Kier alpha value is -0.940. The van der Waals surface area contributed by atoms with Crippen molar-refractivity contribution < 1.29 is 0 Å². The summed E-state index contributed by atoms with van der Waals surface area (Å²) in [4.78, 5) is 0. The maximum atomic E-state index is 4.26. The molecule has 3 heterocycles. The number of hydrogen-bond donors (Lipinski definition) is 1. The van der Waals surface area contributed by atoms with Crippen LogP contribution in [0.2, 0.25) is 0 Å². The predicted octanol–water partition coefficient (Wildman–Crippen LogP) is 1.79. The highest BCUT2D eigenvalue weighted by Gasteiger charge is 2.17. The molecule has 0 radical (unpaired) electrons. The van der Waals surface area contributed by atoms with E-state index in [9.17, 15) is 0 Å². The van der Waals surface area contributed by atoms with Crippen LogP contribution in [0.5, 0.6) is 0 Å². The van der Waals surface area contributed by atoms with Gasteiger partial charge in [0.1, 0.15) is 5.82 Å². The number of rotatable bonds is 2. The lowest BCUT2D eigenvalue weighted by molar-refractivity contribution is 0.582. The summed E-state index contributed by atoms with van der Waals surface area (Å²) < 4.78 is 3.05. The largest absolute Gasteiger partial charge is 0.314 e. The minimum Gasteiger partial charge on any atom is -0.314 e. The SMILES string of the molecule is Brc1cccn2c(CC3CCCN3)nnc12. The zero-order valence-electron chi connectivity index (χ0n) is 8.86. The van der Waals surface area contributed by atoms with Crippen LogP contribution in [0.25, 0.3) is 5.65 Å². The van der Waals surface area contributed by atoms with Gasteiger partial charge in [0.2, 0.25) is 0 Å². The van der Waals surface area contributed by atoms with E-state index in [1.165, 1.54) is 12.8 Å². The molecule has 5 heteroatoms. The summed E-state index contributed by atoms with van der Waals surface area (Å²) in [5.74, 6) is 1.04. The number of nitrogens with one attached hydrogen (secondary N) is 1. The van der Waals surface area contributed by atoms with E-state index < -0.39 is 0 Å². The van der Waals surface area contributed by atoms with Gasteiger partial charge in [-0.05, 0) is 47.4 Å². The second-order valence-electron chi connectivity index (χ2n) is 4.16. The molecule has 1 aliphatic rings. The minimum absolute atomic E-state index is 0.561. The molecule has 1 N–H and O–H groups in total. The van der Waals surface area contributed by atoms with E-state index in [1.807, 2.05) is 18.3 Å². The molecule has 16 heavy (non-hydrogen) atoms. The van der Waals surface area contributed by atoms with Gasteiger partial charge in [0.15, 0.2) is 5.65 Å². The van der Waals surface area contributed by atoms with Crippen LogP contribution < -0.4 is 5.32 Å². The van der Waals surface area contributed by atoms with Crippen LogP contribution in [0.4, 0.5) is 0 Å². The molecule has 1 fully saturated rings. The van der Waals surface area contributed by atoms with Crippen LogP contribution in [0, 0.1) is 0 Å². The number of halogens is 1. The normalized spacial score (nSPS) is 20.7. The van der Waals surface area contributed by atoms with Gasteiger partial charge in [-0.1, -0.05) is 0 Å². The molecule has 0 aliphatic carbocycles. The first-order chi connectivity index (χ1) is 7.84. The molecule has 0 spiro atoms. The van der Waals surface area contributed by atoms with E-state index in [4.69, 9.17) is 0 Å². The average Bonchev–Trinajstić information content (AvgIpc) is 2.90. The first kappa shape index (κ1) is 10.2. The van der Waals surface area contributed by atoms with Crippen molar-refractivity contribution in [2.75, 3.05) is 6.54 Å². The lowest BCUT2D eigenvalue weighted by Gasteiger charge is -2.07. The predicted molar refractivity (Wildman–Crippen MR) is 65.4 cm³/mol. The molecule has 0 amide bonds. The third-order valence-corrected chi connectivity index (χ3v) is 3.67. The van der Waals surface area contributed by atoms with Crippen LogP contribution in [0.15, 0.2) is 22.8 Å². The van der Waals surface area contributed by atoms with Gasteiger partial charge in [-0.2, -0.15) is 0 Å². The first-order valence-electron chi connectivity index (χ1n) is 5.56. The second kappa shape index (κ2) is 4.14. The Kier molecular flexibility index (Phi) is 2.65. The fourth-order valence-corrected chi connectivity index (χ4v) is 2.64. The minimum atomic E-state index is 0.561. The Labute approximate surface area is 102 Å². The maximum absolute atomic E-state index is 4.26. The summed E-state index contributed by atoms with van der Waals surface area (Å²) in [5.41, 5.74) is 0.899. The number of aromatic nitrogens is 3. The summed E-state index contributed by atoms with van der Waals surface area (Å²) in [6, 6.07) is 4.56. The van der Waals surface area contributed by atoms with Crippen molar-refractivity contribution in [3.05, 3.63) is 28.6 Å². The molecule has 1 unspecified atom stereocenters. The van der Waals surface area contributed by atoms with Gasteiger partial charge in [0.25, 0.3) is 0 Å². The van der Waals surface area contributed by atoms with Crippen molar-refractivity contribution in [1.29, 1.82) is 0 Å². The summed E-state index contributed by atoms with van der Waals surface area (Å²) in [5, 5.41) is 11.9. The van der Waals surface area contributed by atoms with Crippen molar-refractivity contribution in [3.63, 3.8) is 0 Å². The summed E-state index contributed by atoms with van der Waals surface area (Å²) in [7, 11) is 0. The van der Waals surface area contributed by atoms with Crippen molar-refractivity contribution in [3.8, 4) is 0 Å². The van der Waals surface area contributed by atoms with E-state index in [-0.39, 0.29) is 0 Å². The van der Waals surface area contributed by atoms with Crippen molar-refractivity contribution >= 4 is 21.6 Å². The lowest BCUT2D eigenvalue weighted by atomic mass is 10.1. The monoisotopic (exact) mass is 280 g/mol. The molecule has 4 nitrogen and oxygen atoms in total. The van der Waals surface area contributed by atoms with Crippen molar-refractivity contribution in [2.24, 2.45) is 0 Å². The highest BCUT2D eigenvalue weighted by Crippen LogP contribution is 2.18. The molecule has 0 aromatic carbocycles. The van der Waals surface area contributed by atoms with Gasteiger partial charge in [0, 0.05) is 18.7 Å². The van der Waals surface area contributed by atoms with Crippen LogP contribution >= 0.6 is 15.9 Å². The zero-order chi connectivity index (χ0) is 11.0. The molecule has 3 rings (SSSR count). The topological polar surface area (TPSA) is 42.2 Å². The fraction of sp³-hybridized carbons (Fsp3) is 0.455. The Bertz CT molecular complexity index is 502. The van der Waals surface area contributed by atoms with Crippen molar-refractivity contribution in [1.82, 2.24) is 19.9 Å². The van der Waals surface area contributed by atoms with Crippen LogP contribution in [0.1, 0.15) is 18.7 Å². The van der Waals surface area contributed by atoms with Crippen LogP contribution in [0.3, 0.4) is 0 Å². The quantitative estimate of drug-likeness (QED) is 0.912. The van der Waals surface area contributed by atoms with Crippen LogP contribution in [-0.2, 0) is 6.42 Å². The second-order valence-corrected chi connectivity index (χ2v) is 5.02. The van der Waals surface area contributed by atoms with Gasteiger partial charge in [-0.3, -0.25) is 4.40 Å². The highest BCUT2D eigenvalue weighted by molar-refractivity contribution is 9.10. The molecular weight excluding hydrogens is 268 g/mol. The Balaban J connectivity index is 1.94. The van der Waals surface area contributed by atoms with E-state index in [0.717, 1.165) is 28.9 Å². The van der Waals surface area contributed by atoms with Gasteiger partial charge < -0.3 is 5.32 Å². The number of nitrogens with zero attached hydrogens (tertiary/aromatic N) is 3. The number of fused-ring (bicyclic) bond motifs is 1. The Morgan fingerprint density at radius 3 is 3.25 bits per heavy atom. The van der Waals surface area contributed by atoms with E-state index in [1.54, 1.807) is 0 Å². The van der Waals surface area contributed by atoms with Crippen LogP contribution in [-0.4, -0.2) is 27.2 Å². The van der Waals surface area contributed by atoms with E-state index >= 15 is 0 Å². The molecule has 0 saturated carbocycles. The summed E-state index contributed by atoms with van der Waals surface area (Å²) in [6.07, 6.45) is 5.48. The number of pyridine rings is 1. The zero-order valence-corrected chi connectivity index (χ0v) is 10.4. The molecular formula is C11H13BrN4. The molecule has 1 aliphatic heterocycles.